The van der Waals surface area contributed by atoms with Crippen LogP contribution in [0.5, 0.6) is 17.2 Å². The first kappa shape index (κ1) is 21.7. The molecule has 0 radical (unpaired) electrons. The molecule has 7 nitrogen and oxygen atoms in total. The van der Waals surface area contributed by atoms with Gasteiger partial charge in [-0.15, -0.1) is 0 Å². The summed E-state index contributed by atoms with van der Waals surface area (Å²) in [4.78, 5) is 24.9. The Morgan fingerprint density at radius 1 is 0.969 bits per heavy atom. The molecular weight excluding hydrogens is 476 g/mol. The standard InChI is InChI=1S/C24H21BrN2O5/c25-16-9-11-17(12-10-16)27-23(28)15-31-20-6-2-1-5-19(20)24(29)26-13-18-14-30-21-7-3-4-8-22(21)32-18/h1-12,18H,13-15H2,(H,26,29)(H,27,28)/t18-/m0/s1. The minimum Gasteiger partial charge on any atom is -0.486 e. The minimum atomic E-state index is -0.325. The molecule has 0 aliphatic carbocycles. The largest absolute Gasteiger partial charge is 0.486 e. The van der Waals surface area contributed by atoms with Gasteiger partial charge in [-0.05, 0) is 48.5 Å². The topological polar surface area (TPSA) is 85.9 Å². The number of para-hydroxylation sites is 3. The Morgan fingerprint density at radius 2 is 1.69 bits per heavy atom. The van der Waals surface area contributed by atoms with Gasteiger partial charge in [-0.25, -0.2) is 0 Å². The van der Waals surface area contributed by atoms with Gasteiger partial charge in [0.05, 0.1) is 12.1 Å². The molecule has 2 amide bonds. The Kier molecular flexibility index (Phi) is 6.91. The van der Waals surface area contributed by atoms with Gasteiger partial charge >= 0.3 is 0 Å². The summed E-state index contributed by atoms with van der Waals surface area (Å²) in [6.07, 6.45) is -0.307. The van der Waals surface area contributed by atoms with E-state index in [0.717, 1.165) is 4.47 Å². The van der Waals surface area contributed by atoms with Gasteiger partial charge in [0.15, 0.2) is 18.1 Å². The number of amides is 2. The molecule has 0 bridgehead atoms. The van der Waals surface area contributed by atoms with Crippen molar-refractivity contribution < 1.29 is 23.8 Å². The van der Waals surface area contributed by atoms with Gasteiger partial charge < -0.3 is 24.8 Å². The summed E-state index contributed by atoms with van der Waals surface area (Å²) in [6, 6.07) is 21.4. The normalized spacial score (nSPS) is 14.3. The maximum atomic E-state index is 12.7. The number of halogens is 1. The lowest BCUT2D eigenvalue weighted by Crippen LogP contribution is -2.40. The third kappa shape index (κ3) is 5.59. The van der Waals surface area contributed by atoms with Crippen LogP contribution in [0.15, 0.2) is 77.3 Å². The third-order valence-electron chi connectivity index (χ3n) is 4.68. The van der Waals surface area contributed by atoms with Crippen LogP contribution in [-0.4, -0.2) is 37.7 Å². The van der Waals surface area contributed by atoms with Crippen LogP contribution in [0.2, 0.25) is 0 Å². The van der Waals surface area contributed by atoms with Crippen LogP contribution in [0.4, 0.5) is 5.69 Å². The molecule has 164 valence electrons. The lowest BCUT2D eigenvalue weighted by Gasteiger charge is -2.26. The predicted molar refractivity (Wildman–Crippen MR) is 123 cm³/mol. The maximum absolute atomic E-state index is 12.7. The van der Waals surface area contributed by atoms with Gasteiger partial charge in [0.1, 0.15) is 18.5 Å². The van der Waals surface area contributed by atoms with Crippen molar-refractivity contribution in [2.75, 3.05) is 25.1 Å². The van der Waals surface area contributed by atoms with Crippen LogP contribution in [0, 0.1) is 0 Å². The second kappa shape index (κ2) is 10.2. The molecule has 0 unspecified atom stereocenters. The maximum Gasteiger partial charge on any atom is 0.262 e. The minimum absolute atomic E-state index is 0.225. The zero-order valence-corrected chi connectivity index (χ0v) is 18.6. The highest BCUT2D eigenvalue weighted by Gasteiger charge is 2.22. The van der Waals surface area contributed by atoms with E-state index in [1.165, 1.54) is 0 Å². The van der Waals surface area contributed by atoms with Crippen molar-refractivity contribution in [3.63, 3.8) is 0 Å². The van der Waals surface area contributed by atoms with Crippen LogP contribution in [0.1, 0.15) is 10.4 Å². The molecule has 1 aliphatic rings. The second-order valence-electron chi connectivity index (χ2n) is 7.05. The van der Waals surface area contributed by atoms with Crippen LogP contribution in [-0.2, 0) is 4.79 Å². The molecule has 8 heteroatoms. The number of hydrogen-bond acceptors (Lipinski definition) is 5. The van der Waals surface area contributed by atoms with Gasteiger partial charge in [-0.1, -0.05) is 40.2 Å². The lowest BCUT2D eigenvalue weighted by molar-refractivity contribution is -0.118. The number of benzene rings is 3. The number of anilines is 1. The number of rotatable bonds is 7. The average molecular weight is 497 g/mol. The molecule has 0 aromatic heterocycles. The molecule has 0 spiro atoms. The summed E-state index contributed by atoms with van der Waals surface area (Å²) in [6.45, 7) is 0.383. The van der Waals surface area contributed by atoms with Gasteiger partial charge in [0, 0.05) is 10.2 Å². The van der Waals surface area contributed by atoms with E-state index in [1.54, 1.807) is 36.4 Å². The highest BCUT2D eigenvalue weighted by Crippen LogP contribution is 2.30. The molecule has 0 saturated carbocycles. The highest BCUT2D eigenvalue weighted by molar-refractivity contribution is 9.10. The Morgan fingerprint density at radius 3 is 2.50 bits per heavy atom. The predicted octanol–water partition coefficient (Wildman–Crippen LogP) is 4.04. The first-order valence-corrected chi connectivity index (χ1v) is 10.8. The highest BCUT2D eigenvalue weighted by atomic mass is 79.9. The first-order valence-electron chi connectivity index (χ1n) is 10.0. The van der Waals surface area contributed by atoms with Gasteiger partial charge in [-0.3, -0.25) is 9.59 Å². The van der Waals surface area contributed by atoms with E-state index in [4.69, 9.17) is 14.2 Å². The smallest absolute Gasteiger partial charge is 0.262 e. The number of carbonyl (C=O) groups is 2. The second-order valence-corrected chi connectivity index (χ2v) is 7.96. The fourth-order valence-corrected chi connectivity index (χ4v) is 3.38. The van der Waals surface area contributed by atoms with Crippen molar-refractivity contribution in [3.8, 4) is 17.2 Å². The molecule has 3 aromatic rings. The van der Waals surface area contributed by atoms with E-state index in [9.17, 15) is 9.59 Å². The van der Waals surface area contributed by atoms with E-state index in [2.05, 4.69) is 26.6 Å². The van der Waals surface area contributed by atoms with Crippen molar-refractivity contribution in [3.05, 3.63) is 82.8 Å². The molecule has 32 heavy (non-hydrogen) atoms. The molecule has 2 N–H and O–H groups in total. The number of nitrogens with one attached hydrogen (secondary N) is 2. The van der Waals surface area contributed by atoms with Crippen molar-refractivity contribution >= 4 is 33.4 Å². The zero-order valence-electron chi connectivity index (χ0n) is 17.0. The molecule has 0 fully saturated rings. The number of carbonyl (C=O) groups excluding carboxylic acids is 2. The Hall–Kier alpha value is -3.52. The van der Waals surface area contributed by atoms with Crippen LogP contribution < -0.4 is 24.8 Å². The summed E-state index contributed by atoms with van der Waals surface area (Å²) in [5, 5.41) is 5.59. The number of fused-ring (bicyclic) bond motifs is 1. The summed E-state index contributed by atoms with van der Waals surface area (Å²) in [5.74, 6) is 1.01. The quantitative estimate of drug-likeness (QED) is 0.515. The van der Waals surface area contributed by atoms with Crippen molar-refractivity contribution in [1.82, 2.24) is 5.32 Å². The summed E-state index contributed by atoms with van der Waals surface area (Å²) in [7, 11) is 0. The Balaban J connectivity index is 1.31. The number of ether oxygens (including phenoxy) is 3. The first-order chi connectivity index (χ1) is 15.6. The molecule has 0 saturated heterocycles. The van der Waals surface area contributed by atoms with Crippen LogP contribution >= 0.6 is 15.9 Å². The summed E-state index contributed by atoms with van der Waals surface area (Å²) >= 11 is 3.35. The van der Waals surface area contributed by atoms with E-state index < -0.39 is 0 Å². The Labute approximate surface area is 193 Å². The van der Waals surface area contributed by atoms with Crippen molar-refractivity contribution in [1.29, 1.82) is 0 Å². The average Bonchev–Trinajstić information content (AvgIpc) is 2.82. The van der Waals surface area contributed by atoms with E-state index in [0.29, 0.717) is 35.1 Å². The third-order valence-corrected chi connectivity index (χ3v) is 5.20. The zero-order chi connectivity index (χ0) is 22.3. The molecular formula is C24H21BrN2O5. The Bertz CT molecular complexity index is 1100. The van der Waals surface area contributed by atoms with E-state index >= 15 is 0 Å². The van der Waals surface area contributed by atoms with Crippen molar-refractivity contribution in [2.45, 2.75) is 6.10 Å². The number of hydrogen-bond donors (Lipinski definition) is 2. The fraction of sp³-hybridized carbons (Fsp3) is 0.167. The summed E-state index contributed by atoms with van der Waals surface area (Å²) < 4.78 is 18.1. The molecule has 1 aliphatic heterocycles. The molecule has 3 aromatic carbocycles. The van der Waals surface area contributed by atoms with Gasteiger partial charge in [0.25, 0.3) is 11.8 Å². The van der Waals surface area contributed by atoms with Gasteiger partial charge in [0.2, 0.25) is 0 Å². The molecule has 1 atom stereocenters. The van der Waals surface area contributed by atoms with Crippen LogP contribution in [0.25, 0.3) is 0 Å². The van der Waals surface area contributed by atoms with Gasteiger partial charge in [-0.2, -0.15) is 0 Å². The monoisotopic (exact) mass is 496 g/mol. The van der Waals surface area contributed by atoms with Crippen molar-refractivity contribution in [2.24, 2.45) is 0 Å². The van der Waals surface area contributed by atoms with Crippen LogP contribution in [0.3, 0.4) is 0 Å². The molecule has 4 rings (SSSR count). The van der Waals surface area contributed by atoms with E-state index in [1.807, 2.05) is 36.4 Å². The molecule has 1 heterocycles. The van der Waals surface area contributed by atoms with E-state index in [-0.39, 0.29) is 31.1 Å². The lowest BCUT2D eigenvalue weighted by atomic mass is 10.2. The fourth-order valence-electron chi connectivity index (χ4n) is 3.12. The SMILES string of the molecule is O=C(COc1ccccc1C(=O)NC[C@H]1COc2ccccc2O1)Nc1ccc(Br)cc1. The summed E-state index contributed by atoms with van der Waals surface area (Å²) in [5.41, 5.74) is 0.991.